The molecule has 0 unspecified atom stereocenters. The van der Waals surface area contributed by atoms with E-state index in [9.17, 15) is 4.79 Å². The number of aryl methyl sites for hydroxylation is 4. The maximum atomic E-state index is 12.9. The average molecular weight is 326 g/mol. The molecule has 0 aliphatic heterocycles. The van der Waals surface area contributed by atoms with Crippen molar-refractivity contribution in [2.75, 3.05) is 0 Å². The van der Waals surface area contributed by atoms with Crippen LogP contribution < -0.4 is 5.56 Å². The molecule has 23 heavy (non-hydrogen) atoms. The Balaban J connectivity index is 2.25. The van der Waals surface area contributed by atoms with Gasteiger partial charge in [0.15, 0.2) is 0 Å². The lowest BCUT2D eigenvalue weighted by Gasteiger charge is -2.07. The van der Waals surface area contributed by atoms with E-state index in [2.05, 4.69) is 50.9 Å². The summed E-state index contributed by atoms with van der Waals surface area (Å²) in [6.07, 6.45) is 3.76. The van der Waals surface area contributed by atoms with Crippen molar-refractivity contribution in [3.8, 4) is 11.1 Å². The highest BCUT2D eigenvalue weighted by Gasteiger charge is 2.17. The van der Waals surface area contributed by atoms with Crippen molar-refractivity contribution in [1.29, 1.82) is 0 Å². The Labute approximate surface area is 140 Å². The minimum atomic E-state index is 0.0843. The second-order valence-corrected chi connectivity index (χ2v) is 7.31. The first-order valence-electron chi connectivity index (χ1n) is 8.09. The molecule has 0 fully saturated rings. The van der Waals surface area contributed by atoms with Crippen molar-refractivity contribution >= 4 is 21.6 Å². The Bertz CT molecular complexity index is 921. The molecule has 3 aromatic rings. The number of hydrogen-bond acceptors (Lipinski definition) is 3. The Morgan fingerprint density at radius 1 is 1.17 bits per heavy atom. The number of rotatable bonds is 4. The molecule has 0 amide bonds. The minimum absolute atomic E-state index is 0.0843. The third-order valence-corrected chi connectivity index (χ3v) is 5.42. The zero-order chi connectivity index (χ0) is 16.6. The van der Waals surface area contributed by atoms with Crippen molar-refractivity contribution in [1.82, 2.24) is 9.55 Å². The average Bonchev–Trinajstić information content (AvgIpc) is 2.86. The molecule has 3 rings (SSSR count). The van der Waals surface area contributed by atoms with E-state index in [1.54, 1.807) is 22.2 Å². The van der Waals surface area contributed by atoms with E-state index < -0.39 is 0 Å². The van der Waals surface area contributed by atoms with Crippen LogP contribution in [-0.4, -0.2) is 9.55 Å². The van der Waals surface area contributed by atoms with Gasteiger partial charge in [0.2, 0.25) is 0 Å². The van der Waals surface area contributed by atoms with Crippen molar-refractivity contribution in [2.45, 2.75) is 47.1 Å². The number of aromatic nitrogens is 2. The van der Waals surface area contributed by atoms with E-state index in [1.165, 1.54) is 11.1 Å². The summed E-state index contributed by atoms with van der Waals surface area (Å²) in [6, 6.07) is 6.41. The molecular weight excluding hydrogens is 304 g/mol. The molecule has 2 heterocycles. The fourth-order valence-electron chi connectivity index (χ4n) is 2.87. The number of thiophene rings is 1. The largest absolute Gasteiger partial charge is 0.299 e. The van der Waals surface area contributed by atoms with Crippen LogP contribution in [-0.2, 0) is 6.54 Å². The third kappa shape index (κ3) is 2.83. The standard InChI is InChI=1S/C19H22N2OS/c1-5-6-9-21-11-20-18-17(19(21)22)16(14(4)23-18)15-8-7-12(2)13(3)10-15/h7-8,10-11H,5-6,9H2,1-4H3. The molecule has 0 aliphatic rings. The van der Waals surface area contributed by atoms with Crippen LogP contribution in [0.2, 0.25) is 0 Å². The number of nitrogens with zero attached hydrogens (tertiary/aromatic N) is 2. The van der Waals surface area contributed by atoms with Gasteiger partial charge in [0.1, 0.15) is 4.83 Å². The quantitative estimate of drug-likeness (QED) is 0.687. The van der Waals surface area contributed by atoms with Gasteiger partial charge < -0.3 is 0 Å². The first-order valence-corrected chi connectivity index (χ1v) is 8.90. The molecule has 0 aliphatic carbocycles. The van der Waals surface area contributed by atoms with E-state index >= 15 is 0 Å². The molecular formula is C19H22N2OS. The van der Waals surface area contributed by atoms with E-state index in [4.69, 9.17) is 0 Å². The number of fused-ring (bicyclic) bond motifs is 1. The first-order chi connectivity index (χ1) is 11.0. The summed E-state index contributed by atoms with van der Waals surface area (Å²) < 4.78 is 1.75. The summed E-state index contributed by atoms with van der Waals surface area (Å²) in [4.78, 5) is 19.4. The van der Waals surface area contributed by atoms with Crippen LogP contribution in [0.15, 0.2) is 29.3 Å². The Hall–Kier alpha value is -1.94. The number of hydrogen-bond donors (Lipinski definition) is 0. The minimum Gasteiger partial charge on any atom is -0.299 e. The molecule has 0 N–H and O–H groups in total. The third-order valence-electron chi connectivity index (χ3n) is 4.40. The van der Waals surface area contributed by atoms with Crippen molar-refractivity contribution in [3.63, 3.8) is 0 Å². The second kappa shape index (κ2) is 6.28. The highest BCUT2D eigenvalue weighted by atomic mass is 32.1. The van der Waals surface area contributed by atoms with E-state index in [-0.39, 0.29) is 5.56 Å². The van der Waals surface area contributed by atoms with E-state index in [1.807, 2.05) is 0 Å². The van der Waals surface area contributed by atoms with E-state index in [0.717, 1.165) is 45.6 Å². The molecule has 4 heteroatoms. The fourth-order valence-corrected chi connectivity index (χ4v) is 3.87. The molecule has 120 valence electrons. The monoisotopic (exact) mass is 326 g/mol. The molecule has 1 aromatic carbocycles. The maximum absolute atomic E-state index is 12.9. The van der Waals surface area contributed by atoms with Gasteiger partial charge in [-0.15, -0.1) is 11.3 Å². The predicted octanol–water partition coefficient (Wildman–Crippen LogP) is 4.85. The summed E-state index contributed by atoms with van der Waals surface area (Å²) in [7, 11) is 0. The Morgan fingerprint density at radius 3 is 2.65 bits per heavy atom. The lowest BCUT2D eigenvalue weighted by Crippen LogP contribution is -2.20. The topological polar surface area (TPSA) is 34.9 Å². The lowest BCUT2D eigenvalue weighted by atomic mass is 9.99. The van der Waals surface area contributed by atoms with Crippen molar-refractivity contribution in [3.05, 3.63) is 50.9 Å². The van der Waals surface area contributed by atoms with E-state index in [0.29, 0.717) is 0 Å². The molecule has 0 saturated carbocycles. The molecule has 0 spiro atoms. The molecule has 3 nitrogen and oxygen atoms in total. The van der Waals surface area contributed by atoms with Crippen LogP contribution in [0.25, 0.3) is 21.3 Å². The molecule has 0 bridgehead atoms. The SMILES string of the molecule is CCCCn1cnc2sc(C)c(-c3ccc(C)c(C)c3)c2c1=O. The van der Waals surface area contributed by atoms with Gasteiger partial charge in [0, 0.05) is 17.0 Å². The summed E-state index contributed by atoms with van der Waals surface area (Å²) in [5.74, 6) is 0. The molecule has 0 atom stereocenters. The van der Waals surface area contributed by atoms with Crippen LogP contribution >= 0.6 is 11.3 Å². The van der Waals surface area contributed by atoms with Gasteiger partial charge in [-0.3, -0.25) is 9.36 Å². The molecule has 0 saturated heterocycles. The summed E-state index contributed by atoms with van der Waals surface area (Å²) >= 11 is 1.61. The van der Waals surface area contributed by atoms with Crippen LogP contribution in [0.1, 0.15) is 35.8 Å². The highest BCUT2D eigenvalue weighted by molar-refractivity contribution is 7.19. The lowest BCUT2D eigenvalue weighted by molar-refractivity contribution is 0.609. The van der Waals surface area contributed by atoms with Gasteiger partial charge in [-0.25, -0.2) is 4.98 Å². The van der Waals surface area contributed by atoms with Gasteiger partial charge in [-0.2, -0.15) is 0 Å². The van der Waals surface area contributed by atoms with Gasteiger partial charge >= 0.3 is 0 Å². The first kappa shape index (κ1) is 15.9. The predicted molar refractivity (Wildman–Crippen MR) is 98.4 cm³/mol. The van der Waals surface area contributed by atoms with Crippen LogP contribution in [0.5, 0.6) is 0 Å². The van der Waals surface area contributed by atoms with Gasteiger partial charge in [-0.1, -0.05) is 31.5 Å². The van der Waals surface area contributed by atoms with Gasteiger partial charge in [-0.05, 0) is 43.9 Å². The van der Waals surface area contributed by atoms with Gasteiger partial charge in [0.05, 0.1) is 11.7 Å². The molecule has 0 radical (unpaired) electrons. The van der Waals surface area contributed by atoms with Crippen LogP contribution in [0, 0.1) is 20.8 Å². The number of benzene rings is 1. The zero-order valence-electron chi connectivity index (χ0n) is 14.1. The summed E-state index contributed by atoms with van der Waals surface area (Å²) in [6.45, 7) is 9.16. The Morgan fingerprint density at radius 2 is 1.96 bits per heavy atom. The fraction of sp³-hybridized carbons (Fsp3) is 0.368. The zero-order valence-corrected chi connectivity index (χ0v) is 15.0. The number of unbranched alkanes of at least 4 members (excludes halogenated alkanes) is 1. The Kier molecular flexibility index (Phi) is 4.35. The smallest absolute Gasteiger partial charge is 0.262 e. The van der Waals surface area contributed by atoms with Crippen molar-refractivity contribution in [2.24, 2.45) is 0 Å². The molecule has 2 aromatic heterocycles. The van der Waals surface area contributed by atoms with Gasteiger partial charge in [0.25, 0.3) is 5.56 Å². The van der Waals surface area contributed by atoms with Crippen LogP contribution in [0.4, 0.5) is 0 Å². The second-order valence-electron chi connectivity index (χ2n) is 6.11. The normalized spacial score (nSPS) is 11.3. The van der Waals surface area contributed by atoms with Crippen molar-refractivity contribution < 1.29 is 0 Å². The maximum Gasteiger partial charge on any atom is 0.262 e. The van der Waals surface area contributed by atoms with Crippen LogP contribution in [0.3, 0.4) is 0 Å². The summed E-state index contributed by atoms with van der Waals surface area (Å²) in [5.41, 5.74) is 4.77. The highest BCUT2D eigenvalue weighted by Crippen LogP contribution is 2.36. The summed E-state index contributed by atoms with van der Waals surface area (Å²) in [5, 5.41) is 0.773.